The Morgan fingerprint density at radius 2 is 2.20 bits per heavy atom. The number of hydrogen-bond donors (Lipinski definition) is 2. The molecule has 1 heterocycles. The molecule has 0 aliphatic rings. The van der Waals surface area contributed by atoms with Gasteiger partial charge < -0.3 is 20.6 Å². The molecule has 0 aliphatic heterocycles. The molecule has 0 saturated heterocycles. The van der Waals surface area contributed by atoms with Gasteiger partial charge in [0.05, 0.1) is 17.3 Å². The van der Waals surface area contributed by atoms with Crippen molar-refractivity contribution >= 4 is 23.1 Å². The summed E-state index contributed by atoms with van der Waals surface area (Å²) in [6, 6.07) is 0. The van der Waals surface area contributed by atoms with Crippen LogP contribution in [0.2, 0.25) is 0 Å². The second kappa shape index (κ2) is 7.81. The maximum atomic E-state index is 12.5. The molecule has 0 spiro atoms. The topological polar surface area (TPSA) is 101 Å². The molecule has 0 saturated carbocycles. The molecule has 20 heavy (non-hydrogen) atoms. The van der Waals surface area contributed by atoms with Crippen LogP contribution in [0.25, 0.3) is 0 Å². The standard InChI is InChI=1S/C12H20N4O3S/c1-8-11(20-9(2)14-8)12(17)16(6-7-19-3)5-4-10(13)15-18/h18H,4-7H2,1-3H3,(H2,13,15). The molecule has 1 amide bonds. The fraction of sp³-hybridized carbons (Fsp3) is 0.583. The Morgan fingerprint density at radius 3 is 2.70 bits per heavy atom. The molecule has 8 heteroatoms. The number of aryl methyl sites for hydroxylation is 2. The van der Waals surface area contributed by atoms with Crippen molar-refractivity contribution in [3.8, 4) is 0 Å². The van der Waals surface area contributed by atoms with Gasteiger partial charge in [-0.3, -0.25) is 4.79 Å². The Hall–Kier alpha value is -1.67. The molecule has 1 aromatic heterocycles. The number of methoxy groups -OCH3 is 1. The number of carbonyl (C=O) groups is 1. The van der Waals surface area contributed by atoms with E-state index in [1.807, 2.05) is 13.8 Å². The minimum atomic E-state index is -0.101. The molecule has 0 fully saturated rings. The molecule has 112 valence electrons. The first-order chi connectivity index (χ1) is 9.49. The molecular formula is C12H20N4O3S. The van der Waals surface area contributed by atoms with Gasteiger partial charge in [-0.05, 0) is 13.8 Å². The minimum Gasteiger partial charge on any atom is -0.409 e. The number of hydrogen-bond acceptors (Lipinski definition) is 6. The summed E-state index contributed by atoms with van der Waals surface area (Å²) in [4.78, 5) is 19.0. The van der Waals surface area contributed by atoms with E-state index in [1.165, 1.54) is 11.3 Å². The van der Waals surface area contributed by atoms with E-state index in [4.69, 9.17) is 15.7 Å². The molecule has 7 nitrogen and oxygen atoms in total. The first-order valence-electron chi connectivity index (χ1n) is 6.18. The summed E-state index contributed by atoms with van der Waals surface area (Å²) in [7, 11) is 1.58. The van der Waals surface area contributed by atoms with Crippen LogP contribution in [0, 0.1) is 13.8 Å². The lowest BCUT2D eigenvalue weighted by molar-refractivity contribution is 0.0704. The maximum Gasteiger partial charge on any atom is 0.265 e. The average Bonchev–Trinajstić information content (AvgIpc) is 2.76. The molecule has 0 aromatic carbocycles. The van der Waals surface area contributed by atoms with E-state index in [2.05, 4.69) is 10.1 Å². The van der Waals surface area contributed by atoms with Crippen LogP contribution in [0.1, 0.15) is 26.8 Å². The van der Waals surface area contributed by atoms with Gasteiger partial charge in [0.2, 0.25) is 0 Å². The monoisotopic (exact) mass is 300 g/mol. The number of nitrogens with zero attached hydrogens (tertiary/aromatic N) is 3. The quantitative estimate of drug-likeness (QED) is 0.338. The van der Waals surface area contributed by atoms with Crippen molar-refractivity contribution < 1.29 is 14.7 Å². The van der Waals surface area contributed by atoms with Gasteiger partial charge in [-0.25, -0.2) is 4.98 Å². The van der Waals surface area contributed by atoms with Crippen molar-refractivity contribution in [3.63, 3.8) is 0 Å². The largest absolute Gasteiger partial charge is 0.409 e. The lowest BCUT2D eigenvalue weighted by atomic mass is 10.3. The van der Waals surface area contributed by atoms with Crippen molar-refractivity contribution in [3.05, 3.63) is 15.6 Å². The molecule has 0 unspecified atom stereocenters. The Bertz CT molecular complexity index is 487. The van der Waals surface area contributed by atoms with Crippen LogP contribution >= 0.6 is 11.3 Å². The van der Waals surface area contributed by atoms with E-state index < -0.39 is 0 Å². The van der Waals surface area contributed by atoms with Gasteiger partial charge in [0, 0.05) is 26.6 Å². The number of amidine groups is 1. The third-order valence-corrected chi connectivity index (χ3v) is 3.78. The summed E-state index contributed by atoms with van der Waals surface area (Å²) >= 11 is 1.37. The molecular weight excluding hydrogens is 280 g/mol. The number of aromatic nitrogens is 1. The van der Waals surface area contributed by atoms with Crippen LogP contribution in [-0.4, -0.2) is 53.6 Å². The second-order valence-corrected chi connectivity index (χ2v) is 5.48. The molecule has 0 radical (unpaired) electrons. The van der Waals surface area contributed by atoms with E-state index in [0.29, 0.717) is 31.0 Å². The molecule has 0 aliphatic carbocycles. The smallest absolute Gasteiger partial charge is 0.265 e. The third-order valence-electron chi connectivity index (χ3n) is 2.72. The summed E-state index contributed by atoms with van der Waals surface area (Å²) in [5.74, 6) is -0.00619. The van der Waals surface area contributed by atoms with Crippen molar-refractivity contribution in [1.82, 2.24) is 9.88 Å². The van der Waals surface area contributed by atoms with Crippen molar-refractivity contribution in [2.45, 2.75) is 20.3 Å². The molecule has 0 atom stereocenters. The summed E-state index contributed by atoms with van der Waals surface area (Å²) in [6.07, 6.45) is 0.308. The van der Waals surface area contributed by atoms with E-state index in [9.17, 15) is 4.79 Å². The van der Waals surface area contributed by atoms with Crippen LogP contribution in [0.4, 0.5) is 0 Å². The van der Waals surface area contributed by atoms with Crippen molar-refractivity contribution in [2.24, 2.45) is 10.9 Å². The molecule has 3 N–H and O–H groups in total. The fourth-order valence-electron chi connectivity index (χ4n) is 1.69. The van der Waals surface area contributed by atoms with E-state index >= 15 is 0 Å². The predicted octanol–water partition coefficient (Wildman–Crippen LogP) is 0.985. The number of oxime groups is 1. The average molecular weight is 300 g/mol. The van der Waals surface area contributed by atoms with Crippen LogP contribution < -0.4 is 5.73 Å². The highest BCUT2D eigenvalue weighted by atomic mass is 32.1. The summed E-state index contributed by atoms with van der Waals surface area (Å²) < 4.78 is 5.01. The van der Waals surface area contributed by atoms with Crippen LogP contribution in [0.5, 0.6) is 0 Å². The van der Waals surface area contributed by atoms with Crippen LogP contribution in [0.15, 0.2) is 5.16 Å². The van der Waals surface area contributed by atoms with Crippen molar-refractivity contribution in [2.75, 3.05) is 26.8 Å². The predicted molar refractivity (Wildman–Crippen MR) is 77.4 cm³/mol. The number of thiazole rings is 1. The Labute approximate surface area is 122 Å². The first kappa shape index (κ1) is 16.4. The maximum absolute atomic E-state index is 12.5. The van der Waals surface area contributed by atoms with Gasteiger partial charge in [-0.15, -0.1) is 11.3 Å². The minimum absolute atomic E-state index is 0.0948. The number of carbonyl (C=O) groups excluding carboxylic acids is 1. The summed E-state index contributed by atoms with van der Waals surface area (Å²) in [6.45, 7) is 4.93. The number of ether oxygens (including phenoxy) is 1. The zero-order valence-electron chi connectivity index (χ0n) is 11.9. The summed E-state index contributed by atoms with van der Waals surface area (Å²) in [5.41, 5.74) is 6.17. The van der Waals surface area contributed by atoms with Crippen LogP contribution in [0.3, 0.4) is 0 Å². The number of amides is 1. The van der Waals surface area contributed by atoms with Gasteiger partial charge >= 0.3 is 0 Å². The lowest BCUT2D eigenvalue weighted by Crippen LogP contribution is -2.36. The van der Waals surface area contributed by atoms with Gasteiger partial charge in [0.25, 0.3) is 5.91 Å². The molecule has 1 aromatic rings. The van der Waals surface area contributed by atoms with Gasteiger partial charge in [0.15, 0.2) is 0 Å². The van der Waals surface area contributed by atoms with Crippen LogP contribution in [-0.2, 0) is 4.74 Å². The Kier molecular flexibility index (Phi) is 6.40. The van der Waals surface area contributed by atoms with E-state index in [0.717, 1.165) is 10.7 Å². The third kappa shape index (κ3) is 4.46. The number of nitrogens with two attached hydrogens (primary N) is 1. The van der Waals surface area contributed by atoms with E-state index in [-0.39, 0.29) is 11.7 Å². The number of rotatable bonds is 7. The van der Waals surface area contributed by atoms with Gasteiger partial charge in [-0.2, -0.15) is 0 Å². The SMILES string of the molecule is COCCN(CCC(N)=NO)C(=O)c1sc(C)nc1C. The Morgan fingerprint density at radius 1 is 1.50 bits per heavy atom. The van der Waals surface area contributed by atoms with Gasteiger partial charge in [-0.1, -0.05) is 5.16 Å². The fourth-order valence-corrected chi connectivity index (χ4v) is 2.58. The van der Waals surface area contributed by atoms with Crippen molar-refractivity contribution in [1.29, 1.82) is 0 Å². The van der Waals surface area contributed by atoms with Gasteiger partial charge in [0.1, 0.15) is 10.7 Å². The lowest BCUT2D eigenvalue weighted by Gasteiger charge is -2.21. The zero-order valence-corrected chi connectivity index (χ0v) is 12.7. The highest BCUT2D eigenvalue weighted by Gasteiger charge is 2.20. The first-order valence-corrected chi connectivity index (χ1v) is 6.99. The normalized spacial score (nSPS) is 11.7. The second-order valence-electron chi connectivity index (χ2n) is 4.27. The Balaban J connectivity index is 2.81. The molecule has 1 rings (SSSR count). The highest BCUT2D eigenvalue weighted by molar-refractivity contribution is 7.13. The molecule has 0 bridgehead atoms. The van der Waals surface area contributed by atoms with E-state index in [1.54, 1.807) is 12.0 Å². The highest BCUT2D eigenvalue weighted by Crippen LogP contribution is 2.19. The summed E-state index contributed by atoms with van der Waals surface area (Å²) in [5, 5.41) is 12.3. The zero-order chi connectivity index (χ0) is 15.1.